The normalized spacial score (nSPS) is 12.0. The Hall–Kier alpha value is -1.07. The van der Waals surface area contributed by atoms with Gasteiger partial charge in [0.15, 0.2) is 5.75 Å². The highest BCUT2D eigenvalue weighted by Gasteiger charge is 2.38. The summed E-state index contributed by atoms with van der Waals surface area (Å²) < 4.78 is 12.0. The number of unbranched alkanes of at least 4 members (excludes halogenated alkanes) is 1. The number of alkyl halides is 1. The third-order valence-corrected chi connectivity index (χ3v) is 10.8. The maximum absolute atomic E-state index is 6.48. The molecule has 2 aromatic rings. The quantitative estimate of drug-likeness (QED) is 0.239. The lowest BCUT2D eigenvalue weighted by Gasteiger charge is -2.36. The second kappa shape index (κ2) is 11.2. The Kier molecular flexibility index (Phi) is 9.44. The standard InChI is InChI=1S/C24H34Cl3NO2Si/c1-7-8-14-28(19-16-21(26)23(22(27)17-19)29-15-13-25)18-9-11-20(12-10-18)30-31(5,6)24(2,3)4/h9-12,16-17H,7-8,13-15H2,1-6H3. The monoisotopic (exact) mass is 501 g/mol. The van der Waals surface area contributed by atoms with Gasteiger partial charge in [0.1, 0.15) is 12.4 Å². The fourth-order valence-electron chi connectivity index (χ4n) is 2.85. The fraction of sp³-hybridized carbons (Fsp3) is 0.500. The number of anilines is 2. The molecule has 3 nitrogen and oxygen atoms in total. The largest absolute Gasteiger partial charge is 0.544 e. The molecule has 0 aliphatic carbocycles. The Morgan fingerprint density at radius 1 is 0.968 bits per heavy atom. The van der Waals surface area contributed by atoms with Gasteiger partial charge in [-0.1, -0.05) is 57.3 Å². The third-order valence-electron chi connectivity index (χ3n) is 5.68. The summed E-state index contributed by atoms with van der Waals surface area (Å²) in [7, 11) is -1.88. The van der Waals surface area contributed by atoms with Crippen molar-refractivity contribution in [2.75, 3.05) is 23.9 Å². The Morgan fingerprint density at radius 2 is 1.55 bits per heavy atom. The molecule has 0 unspecified atom stereocenters. The SMILES string of the molecule is CCCCN(c1ccc(O[Si](C)(C)C(C)(C)C)cc1)c1cc(Cl)c(OCCCl)c(Cl)c1. The first kappa shape index (κ1) is 26.2. The molecule has 0 aliphatic rings. The molecule has 7 heteroatoms. The van der Waals surface area contributed by atoms with Gasteiger partial charge < -0.3 is 14.1 Å². The Morgan fingerprint density at radius 3 is 2.03 bits per heavy atom. The van der Waals surface area contributed by atoms with Gasteiger partial charge in [0.05, 0.1) is 15.9 Å². The highest BCUT2D eigenvalue weighted by molar-refractivity contribution is 6.74. The molecule has 0 N–H and O–H groups in total. The predicted molar refractivity (Wildman–Crippen MR) is 139 cm³/mol. The molecule has 0 heterocycles. The summed E-state index contributed by atoms with van der Waals surface area (Å²) in [6.07, 6.45) is 2.13. The van der Waals surface area contributed by atoms with Crippen LogP contribution < -0.4 is 14.1 Å². The van der Waals surface area contributed by atoms with Crippen LogP contribution in [0.5, 0.6) is 11.5 Å². The van der Waals surface area contributed by atoms with Gasteiger partial charge in [0.25, 0.3) is 0 Å². The van der Waals surface area contributed by atoms with Crippen molar-refractivity contribution in [1.82, 2.24) is 0 Å². The molecule has 2 aromatic carbocycles. The van der Waals surface area contributed by atoms with E-state index in [1.807, 2.05) is 12.1 Å². The molecule has 0 saturated heterocycles. The van der Waals surface area contributed by atoms with Crippen molar-refractivity contribution < 1.29 is 9.16 Å². The van der Waals surface area contributed by atoms with E-state index in [1.165, 1.54) is 0 Å². The van der Waals surface area contributed by atoms with Gasteiger partial charge >= 0.3 is 0 Å². The van der Waals surface area contributed by atoms with E-state index in [1.54, 1.807) is 0 Å². The van der Waals surface area contributed by atoms with E-state index >= 15 is 0 Å². The van der Waals surface area contributed by atoms with Crippen molar-refractivity contribution in [3.8, 4) is 11.5 Å². The minimum absolute atomic E-state index is 0.152. The van der Waals surface area contributed by atoms with Crippen LogP contribution in [-0.4, -0.2) is 27.3 Å². The summed E-state index contributed by atoms with van der Waals surface area (Å²) in [5.74, 6) is 1.76. The van der Waals surface area contributed by atoms with Crippen LogP contribution in [0.2, 0.25) is 28.2 Å². The number of hydrogen-bond acceptors (Lipinski definition) is 3. The lowest BCUT2D eigenvalue weighted by molar-refractivity contribution is 0.343. The summed E-state index contributed by atoms with van der Waals surface area (Å²) in [4.78, 5) is 2.22. The van der Waals surface area contributed by atoms with E-state index in [0.29, 0.717) is 28.3 Å². The number of rotatable bonds is 10. The molecular formula is C24H34Cl3NO2Si. The van der Waals surface area contributed by atoms with Crippen LogP contribution in [0.1, 0.15) is 40.5 Å². The van der Waals surface area contributed by atoms with Crippen molar-refractivity contribution in [3.05, 3.63) is 46.4 Å². The first-order valence-electron chi connectivity index (χ1n) is 10.7. The molecule has 0 bridgehead atoms. The molecule has 2 rings (SSSR count). The van der Waals surface area contributed by atoms with Crippen LogP contribution in [0.15, 0.2) is 36.4 Å². The van der Waals surface area contributed by atoms with Crippen LogP contribution in [0.4, 0.5) is 11.4 Å². The average molecular weight is 503 g/mol. The Balaban J connectivity index is 2.33. The maximum atomic E-state index is 6.48. The number of halogens is 3. The Bertz CT molecular complexity index is 828. The molecule has 0 atom stereocenters. The average Bonchev–Trinajstić information content (AvgIpc) is 2.68. The van der Waals surface area contributed by atoms with E-state index in [2.05, 4.69) is 70.0 Å². The topological polar surface area (TPSA) is 21.7 Å². The molecule has 0 amide bonds. The zero-order valence-corrected chi connectivity index (χ0v) is 22.7. The van der Waals surface area contributed by atoms with Crippen LogP contribution in [0.25, 0.3) is 0 Å². The number of benzene rings is 2. The highest BCUT2D eigenvalue weighted by Crippen LogP contribution is 2.40. The highest BCUT2D eigenvalue weighted by atomic mass is 35.5. The molecule has 0 saturated carbocycles. The van der Waals surface area contributed by atoms with Gasteiger partial charge in [-0.15, -0.1) is 11.6 Å². The van der Waals surface area contributed by atoms with Gasteiger partial charge in [-0.25, -0.2) is 0 Å². The summed E-state index contributed by atoms with van der Waals surface area (Å²) in [6.45, 7) is 14.6. The van der Waals surface area contributed by atoms with E-state index in [0.717, 1.165) is 36.5 Å². The minimum atomic E-state index is -1.88. The third kappa shape index (κ3) is 6.95. The van der Waals surface area contributed by atoms with E-state index in [-0.39, 0.29) is 5.04 Å². The molecular weight excluding hydrogens is 469 g/mol. The molecule has 0 spiro atoms. The van der Waals surface area contributed by atoms with E-state index in [9.17, 15) is 0 Å². The van der Waals surface area contributed by atoms with Crippen molar-refractivity contribution in [3.63, 3.8) is 0 Å². The first-order chi connectivity index (χ1) is 14.5. The van der Waals surface area contributed by atoms with E-state index in [4.69, 9.17) is 44.0 Å². The van der Waals surface area contributed by atoms with E-state index < -0.39 is 8.32 Å². The Labute approximate surface area is 203 Å². The lowest BCUT2D eigenvalue weighted by Crippen LogP contribution is -2.43. The number of nitrogens with zero attached hydrogens (tertiary/aromatic N) is 1. The van der Waals surface area contributed by atoms with Crippen molar-refractivity contribution in [2.24, 2.45) is 0 Å². The maximum Gasteiger partial charge on any atom is 0.250 e. The zero-order valence-electron chi connectivity index (χ0n) is 19.4. The molecule has 0 radical (unpaired) electrons. The smallest absolute Gasteiger partial charge is 0.250 e. The van der Waals surface area contributed by atoms with Gasteiger partial charge in [-0.3, -0.25) is 0 Å². The lowest BCUT2D eigenvalue weighted by atomic mass is 10.2. The minimum Gasteiger partial charge on any atom is -0.544 e. The first-order valence-corrected chi connectivity index (χ1v) is 14.9. The fourth-order valence-corrected chi connectivity index (χ4v) is 4.54. The van der Waals surface area contributed by atoms with Gasteiger partial charge in [0, 0.05) is 17.9 Å². The van der Waals surface area contributed by atoms with Crippen molar-refractivity contribution >= 4 is 54.5 Å². The van der Waals surface area contributed by atoms with Gasteiger partial charge in [-0.05, 0) is 61.0 Å². The molecule has 31 heavy (non-hydrogen) atoms. The molecule has 0 fully saturated rings. The van der Waals surface area contributed by atoms with Gasteiger partial charge in [-0.2, -0.15) is 0 Å². The van der Waals surface area contributed by atoms with Crippen LogP contribution in [-0.2, 0) is 0 Å². The summed E-state index contributed by atoms with van der Waals surface area (Å²) in [5.41, 5.74) is 2.00. The molecule has 0 aliphatic heterocycles. The second-order valence-electron chi connectivity index (χ2n) is 9.14. The number of hydrogen-bond donors (Lipinski definition) is 0. The van der Waals surface area contributed by atoms with Crippen molar-refractivity contribution in [1.29, 1.82) is 0 Å². The molecule has 0 aromatic heterocycles. The summed E-state index contributed by atoms with van der Waals surface area (Å²) >= 11 is 18.7. The number of ether oxygens (including phenoxy) is 1. The predicted octanol–water partition coefficient (Wildman–Crippen LogP) is 8.93. The zero-order chi connectivity index (χ0) is 23.2. The summed E-state index contributed by atoms with van der Waals surface area (Å²) in [5, 5.41) is 1.11. The van der Waals surface area contributed by atoms with Crippen LogP contribution in [0.3, 0.4) is 0 Å². The van der Waals surface area contributed by atoms with Crippen molar-refractivity contribution in [2.45, 2.75) is 58.7 Å². The van der Waals surface area contributed by atoms with Gasteiger partial charge in [0.2, 0.25) is 8.32 Å². The molecule has 172 valence electrons. The second-order valence-corrected chi connectivity index (χ2v) is 15.1. The van der Waals surface area contributed by atoms with Crippen LogP contribution in [0, 0.1) is 0 Å². The summed E-state index contributed by atoms with van der Waals surface area (Å²) in [6, 6.07) is 12.1. The van der Waals surface area contributed by atoms with Crippen LogP contribution >= 0.6 is 34.8 Å².